The molecule has 0 aromatic rings. The summed E-state index contributed by atoms with van der Waals surface area (Å²) in [5, 5.41) is 126. The molecule has 668 valence electrons. The van der Waals surface area contributed by atoms with Gasteiger partial charge in [0, 0.05) is 138 Å². The average Bonchev–Trinajstić information content (AvgIpc) is 1.10. The number of amides is 10. The van der Waals surface area contributed by atoms with Gasteiger partial charge in [-0.3, -0.25) is 52.7 Å². The predicted octanol–water partition coefficient (Wildman–Crippen LogP) is -5.89. The van der Waals surface area contributed by atoms with Gasteiger partial charge < -0.3 is 151 Å². The lowest BCUT2D eigenvalue weighted by molar-refractivity contribution is -0.270. The number of nitrogens with one attached hydrogen (secondary N) is 9. The maximum absolute atomic E-state index is 14.1. The molecule has 10 amide bonds. The highest BCUT2D eigenvalue weighted by Crippen LogP contribution is 2.27. The Morgan fingerprint density at radius 2 is 0.750 bits per heavy atom. The van der Waals surface area contributed by atoms with Crippen LogP contribution in [0.15, 0.2) is 0 Å². The maximum atomic E-state index is 14.1. The quantitative estimate of drug-likeness (QED) is 0.0252. The number of unbranched alkanes of at least 4 members (excludes halogenated alkanes) is 4. The Labute approximate surface area is 676 Å². The van der Waals surface area contributed by atoms with Crippen LogP contribution < -0.4 is 47.9 Å². The Morgan fingerprint density at radius 3 is 1.11 bits per heavy atom. The first kappa shape index (κ1) is 102. The van der Waals surface area contributed by atoms with E-state index in [2.05, 4.69) is 47.9 Å². The molecule has 41 heteroatoms. The molecule has 41 nitrogen and oxygen atoms in total. The first-order valence-corrected chi connectivity index (χ1v) is 40.4. The Kier molecular flexibility index (Phi) is 50.0. The molecule has 116 heavy (non-hydrogen) atoms. The molecule has 0 radical (unpaired) electrons. The summed E-state index contributed by atoms with van der Waals surface area (Å²) in [7, 11) is 0. The smallest absolute Gasteiger partial charge is 0.223 e. The number of β-amino-alcohol motifs (C(OH)–C–C–N with tert-alkyl or cyclic N) is 1. The van der Waals surface area contributed by atoms with E-state index >= 15 is 0 Å². The van der Waals surface area contributed by atoms with Crippen molar-refractivity contribution < 1.29 is 151 Å². The summed E-state index contributed by atoms with van der Waals surface area (Å²) < 4.78 is 57.9. The highest BCUT2D eigenvalue weighted by Gasteiger charge is 2.48. The van der Waals surface area contributed by atoms with Crippen LogP contribution in [0.25, 0.3) is 0 Å². The van der Waals surface area contributed by atoms with Crippen LogP contribution in [0.2, 0.25) is 0 Å². The minimum atomic E-state index is -1.52. The summed E-state index contributed by atoms with van der Waals surface area (Å²) in [6, 6.07) is -3.66. The zero-order valence-corrected chi connectivity index (χ0v) is 67.7. The third-order valence-electron chi connectivity index (χ3n) is 19.3. The van der Waals surface area contributed by atoms with Crippen molar-refractivity contribution in [3.63, 3.8) is 0 Å². The number of hydrogen-bond acceptors (Lipinski definition) is 31. The second-order valence-electron chi connectivity index (χ2n) is 29.8. The summed E-state index contributed by atoms with van der Waals surface area (Å²) in [6.45, 7) is 5.84. The molecule has 19 N–H and O–H groups in total. The third kappa shape index (κ3) is 39.6. The van der Waals surface area contributed by atoms with E-state index < -0.39 is 159 Å². The van der Waals surface area contributed by atoms with Gasteiger partial charge in [-0.25, -0.2) is 0 Å². The number of carbonyl (C=O) groups excluding carboxylic acids is 11. The van der Waals surface area contributed by atoms with E-state index in [4.69, 9.17) is 47.4 Å². The van der Waals surface area contributed by atoms with Crippen LogP contribution in [0.5, 0.6) is 0 Å². The Morgan fingerprint density at radius 1 is 0.405 bits per heavy atom. The van der Waals surface area contributed by atoms with E-state index in [0.717, 1.165) is 0 Å². The molecule has 0 aliphatic carbocycles. The van der Waals surface area contributed by atoms with Crippen molar-refractivity contribution in [2.24, 2.45) is 0 Å². The molecule has 0 saturated carbocycles. The van der Waals surface area contributed by atoms with E-state index in [1.54, 1.807) is 4.90 Å². The highest BCUT2D eigenvalue weighted by molar-refractivity contribution is 5.81. The van der Waals surface area contributed by atoms with Crippen LogP contribution in [-0.4, -0.2) is 362 Å². The first-order chi connectivity index (χ1) is 55.4. The number of hydrogen-bond donors (Lipinski definition) is 19. The largest absolute Gasteiger partial charge is 0.394 e. The highest BCUT2D eigenvalue weighted by atomic mass is 16.7. The molecule has 0 spiro atoms. The summed E-state index contributed by atoms with van der Waals surface area (Å²) in [4.78, 5) is 142. The van der Waals surface area contributed by atoms with Gasteiger partial charge in [0.1, 0.15) is 84.4 Å². The van der Waals surface area contributed by atoms with Crippen LogP contribution in [0, 0.1) is 0 Å². The SMILES string of the molecule is CC(=O)NC1[C@H](OCCCCC(=O)NCCCCC(=O)CCOCC(COCCC(=O)NCCCNC(=O)CCCCO[C@@H]2OC(CO)[C@H](O)[C@H](O)C2NC(C)=O)(COCCC(=O)NCCCNC(=O)CCCCO[C@@H]2OC(CO)[C@H](O)[C@H](O)C2NC(C)=O)NC(=O)CCCC(=O)N2C[C@H](O)C[C@H]2COC(C)C)OC(CO)[C@H](O)[C@@H]1O. The van der Waals surface area contributed by atoms with Gasteiger partial charge in [-0.05, 0) is 90.9 Å². The van der Waals surface area contributed by atoms with Gasteiger partial charge in [-0.15, -0.1) is 0 Å². The number of likely N-dealkylation sites (tertiary alicyclic amines) is 1. The van der Waals surface area contributed by atoms with Gasteiger partial charge >= 0.3 is 0 Å². The van der Waals surface area contributed by atoms with Crippen LogP contribution in [-0.2, 0) is 100 Å². The molecule has 6 unspecified atom stereocenters. The van der Waals surface area contributed by atoms with Gasteiger partial charge in [0.2, 0.25) is 59.1 Å². The van der Waals surface area contributed by atoms with Crippen LogP contribution in [0.3, 0.4) is 0 Å². The molecule has 4 rings (SSSR count). The minimum absolute atomic E-state index is 0.0441. The van der Waals surface area contributed by atoms with Crippen molar-refractivity contribution in [3.05, 3.63) is 0 Å². The van der Waals surface area contributed by atoms with Gasteiger partial charge in [0.25, 0.3) is 0 Å². The van der Waals surface area contributed by atoms with Gasteiger partial charge in [0.05, 0.1) is 84.3 Å². The van der Waals surface area contributed by atoms with Crippen molar-refractivity contribution in [2.45, 2.75) is 285 Å². The summed E-state index contributed by atoms with van der Waals surface area (Å²) in [5.41, 5.74) is -1.52. The fourth-order valence-electron chi connectivity index (χ4n) is 13.0. The standard InChI is InChI=1S/C75H132N10O31/c1-46(2)113-42-50-37-52(93)38-85(50)62(100)22-14-21-61(99)84-75(43-107-34-23-51(92)17-6-10-26-76-56(94)18-7-11-31-110-72-63(81-47(3)89)69(104)66(101)53(39-86)114-72,44-108-35-24-59(97)79-29-15-27-77-57(95)19-8-12-32-111-73-64(82-48(4)90)70(105)67(102)54(40-87)115-73)45-109-36-25-60(98)80-30-16-28-78-58(96)20-9-13-33-112-74-65(83-49(5)91)71(106)68(103)55(41-88)116-74/h46,50,52-55,63-74,86-88,93,101-106H,6-45H2,1-5H3,(H,76,94)(H,77,95)(H,78,96)(H,79,97)(H,80,98)(H,81,89)(H,82,90)(H,83,91)(H,84,99)/t50-,52+,53?,54?,55?,63?,64?,65?,66-,67-,68-,69+,70+,71+,72+,73+,74+,75?/m0/s1. The number of carbonyl (C=O) groups is 11. The van der Waals surface area contributed by atoms with E-state index in [9.17, 15) is 104 Å². The van der Waals surface area contributed by atoms with E-state index in [1.807, 2.05) is 13.8 Å². The molecule has 4 heterocycles. The number of nitrogens with zero attached hydrogens (tertiary/aromatic N) is 1. The molecule has 0 aromatic carbocycles. The van der Waals surface area contributed by atoms with Crippen LogP contribution >= 0.6 is 0 Å². The van der Waals surface area contributed by atoms with E-state index in [0.29, 0.717) is 70.6 Å². The summed E-state index contributed by atoms with van der Waals surface area (Å²) >= 11 is 0. The molecule has 4 saturated heterocycles. The Hall–Kier alpha value is -6.43. The number of rotatable bonds is 60. The lowest BCUT2D eigenvalue weighted by atomic mass is 9.97. The number of ether oxygens (including phenoxy) is 10. The van der Waals surface area contributed by atoms with Gasteiger partial charge in [-0.2, -0.15) is 0 Å². The zero-order valence-electron chi connectivity index (χ0n) is 67.7. The molecule has 17 atom stereocenters. The molecule has 0 bridgehead atoms. The van der Waals surface area contributed by atoms with Crippen LogP contribution in [0.4, 0.5) is 0 Å². The fraction of sp³-hybridized carbons (Fsp3) is 0.853. The summed E-state index contributed by atoms with van der Waals surface area (Å²) in [6.07, 6.45) is -12.2. The third-order valence-corrected chi connectivity index (χ3v) is 19.3. The first-order valence-electron chi connectivity index (χ1n) is 40.4. The maximum Gasteiger partial charge on any atom is 0.223 e. The minimum Gasteiger partial charge on any atom is -0.394 e. The summed E-state index contributed by atoms with van der Waals surface area (Å²) in [5.74, 6) is -4.05. The second kappa shape index (κ2) is 56.9. The molecule has 4 aliphatic rings. The molecular formula is C75H132N10O31. The number of aliphatic hydroxyl groups excluding tert-OH is 10. The Bertz CT molecular complexity index is 2690. The van der Waals surface area contributed by atoms with E-state index in [-0.39, 0.29) is 211 Å². The lowest BCUT2D eigenvalue weighted by Crippen LogP contribution is -2.64. The number of Topliss-reactive ketones (excluding diaryl/α,β-unsaturated/α-hetero) is 1. The number of ketones is 1. The van der Waals surface area contributed by atoms with Gasteiger partial charge in [0.15, 0.2) is 18.9 Å². The second-order valence-corrected chi connectivity index (χ2v) is 29.8. The topological polar surface area (TPSA) is 594 Å². The van der Waals surface area contributed by atoms with Crippen molar-refractivity contribution in [2.75, 3.05) is 125 Å². The van der Waals surface area contributed by atoms with Crippen LogP contribution in [0.1, 0.15) is 169 Å². The molecule has 0 aromatic heterocycles. The monoisotopic (exact) mass is 1670 g/mol. The molecule has 4 aliphatic heterocycles. The zero-order chi connectivity index (χ0) is 85.5. The normalized spacial score (nSPS) is 25.8. The molecule has 4 fully saturated rings. The van der Waals surface area contributed by atoms with Crippen molar-refractivity contribution in [1.82, 2.24) is 52.8 Å². The molecular weight excluding hydrogens is 1540 g/mol. The lowest BCUT2D eigenvalue weighted by Gasteiger charge is -2.42. The van der Waals surface area contributed by atoms with E-state index in [1.165, 1.54) is 20.8 Å². The number of aliphatic hydroxyl groups is 10. The van der Waals surface area contributed by atoms with Gasteiger partial charge in [-0.1, -0.05) is 0 Å². The predicted molar refractivity (Wildman–Crippen MR) is 407 cm³/mol. The van der Waals surface area contributed by atoms with Crippen molar-refractivity contribution in [1.29, 1.82) is 0 Å². The average molecular weight is 1670 g/mol. The fourth-order valence-corrected chi connectivity index (χ4v) is 13.0. The van der Waals surface area contributed by atoms with Crippen molar-refractivity contribution in [3.8, 4) is 0 Å². The van der Waals surface area contributed by atoms with Crippen molar-refractivity contribution >= 4 is 64.9 Å². The Balaban J connectivity index is 1.31.